The first-order valence-corrected chi connectivity index (χ1v) is 11.5. The Bertz CT molecular complexity index is 940. The first-order chi connectivity index (χ1) is 12.5. The lowest BCUT2D eigenvalue weighted by atomic mass is 9.96. The molecule has 0 saturated heterocycles. The Labute approximate surface area is 175 Å². The van der Waals surface area contributed by atoms with Crippen molar-refractivity contribution in [1.82, 2.24) is 5.32 Å². The Morgan fingerprint density at radius 1 is 1.07 bits per heavy atom. The number of sulfonamides is 1. The molecule has 146 valence electrons. The Kier molecular flexibility index (Phi) is 6.91. The molecule has 27 heavy (non-hydrogen) atoms. The third-order valence-electron chi connectivity index (χ3n) is 4.53. The van der Waals surface area contributed by atoms with E-state index in [1.54, 1.807) is 12.1 Å². The molecule has 0 saturated carbocycles. The molecule has 1 amide bonds. The summed E-state index contributed by atoms with van der Waals surface area (Å²) < 4.78 is 26.5. The van der Waals surface area contributed by atoms with E-state index in [2.05, 4.69) is 47.0 Å². The van der Waals surface area contributed by atoms with Crippen LogP contribution in [0.1, 0.15) is 35.2 Å². The van der Waals surface area contributed by atoms with Crippen molar-refractivity contribution < 1.29 is 13.2 Å². The van der Waals surface area contributed by atoms with Crippen molar-refractivity contribution in [3.8, 4) is 0 Å². The molecular formula is C20H25IN2O3S. The monoisotopic (exact) mass is 500 g/mol. The number of hydrogen-bond donors (Lipinski definition) is 1. The van der Waals surface area contributed by atoms with E-state index in [0.717, 1.165) is 30.8 Å². The Balaban J connectivity index is 2.19. The summed E-state index contributed by atoms with van der Waals surface area (Å²) in [4.78, 5) is 12.6. The molecule has 0 heterocycles. The molecule has 1 N–H and O–H groups in total. The van der Waals surface area contributed by atoms with Gasteiger partial charge in [-0.15, -0.1) is 0 Å². The lowest BCUT2D eigenvalue weighted by Crippen LogP contribution is -2.41. The zero-order valence-electron chi connectivity index (χ0n) is 16.2. The summed E-state index contributed by atoms with van der Waals surface area (Å²) in [6.07, 6.45) is 1.11. The third-order valence-corrected chi connectivity index (χ3v) is 6.39. The number of benzene rings is 2. The van der Waals surface area contributed by atoms with E-state index in [-0.39, 0.29) is 18.5 Å². The SMILES string of the molecule is Cc1cc(C)c([C@H](C)NC(=O)CN(c2ccc(I)cc2)S(C)(=O)=O)cc1C. The van der Waals surface area contributed by atoms with Crippen LogP contribution in [0.25, 0.3) is 0 Å². The maximum Gasteiger partial charge on any atom is 0.241 e. The van der Waals surface area contributed by atoms with Crippen LogP contribution in [-0.4, -0.2) is 27.1 Å². The molecule has 0 aliphatic carbocycles. The summed E-state index contributed by atoms with van der Waals surface area (Å²) in [6.45, 7) is 7.76. The van der Waals surface area contributed by atoms with Crippen LogP contribution in [0.15, 0.2) is 36.4 Å². The van der Waals surface area contributed by atoms with Crippen LogP contribution in [0, 0.1) is 24.3 Å². The molecular weight excluding hydrogens is 475 g/mol. The molecule has 0 bridgehead atoms. The lowest BCUT2D eigenvalue weighted by Gasteiger charge is -2.24. The molecule has 2 rings (SSSR count). The number of hydrogen-bond acceptors (Lipinski definition) is 3. The second kappa shape index (κ2) is 8.60. The number of halogens is 1. The highest BCUT2D eigenvalue weighted by atomic mass is 127. The maximum atomic E-state index is 12.6. The number of aryl methyl sites for hydroxylation is 3. The van der Waals surface area contributed by atoms with Crippen molar-refractivity contribution in [2.75, 3.05) is 17.1 Å². The Morgan fingerprint density at radius 3 is 2.19 bits per heavy atom. The van der Waals surface area contributed by atoms with Gasteiger partial charge in [-0.3, -0.25) is 9.10 Å². The highest BCUT2D eigenvalue weighted by Gasteiger charge is 2.22. The van der Waals surface area contributed by atoms with Crippen molar-refractivity contribution in [3.63, 3.8) is 0 Å². The van der Waals surface area contributed by atoms with Gasteiger partial charge in [-0.2, -0.15) is 0 Å². The number of carbonyl (C=O) groups excluding carboxylic acids is 1. The maximum absolute atomic E-state index is 12.6. The Morgan fingerprint density at radius 2 is 1.63 bits per heavy atom. The first kappa shape index (κ1) is 21.7. The van der Waals surface area contributed by atoms with E-state index in [1.165, 1.54) is 5.56 Å². The number of anilines is 1. The summed E-state index contributed by atoms with van der Waals surface area (Å²) >= 11 is 2.15. The van der Waals surface area contributed by atoms with Crippen LogP contribution in [-0.2, 0) is 14.8 Å². The molecule has 5 nitrogen and oxygen atoms in total. The van der Waals surface area contributed by atoms with Gasteiger partial charge in [0.05, 0.1) is 18.0 Å². The minimum absolute atomic E-state index is 0.213. The van der Waals surface area contributed by atoms with Gasteiger partial charge in [-0.05, 0) is 96.8 Å². The standard InChI is InChI=1S/C20H25IN2O3S/c1-13-10-15(3)19(11-14(13)2)16(4)22-20(24)12-23(27(5,25)26)18-8-6-17(21)7-9-18/h6-11,16H,12H2,1-5H3,(H,22,24)/t16-/m0/s1. The largest absolute Gasteiger partial charge is 0.348 e. The van der Waals surface area contributed by atoms with Crippen molar-refractivity contribution >= 4 is 44.2 Å². The third kappa shape index (κ3) is 5.68. The lowest BCUT2D eigenvalue weighted by molar-refractivity contribution is -0.120. The van der Waals surface area contributed by atoms with Gasteiger partial charge in [0.2, 0.25) is 15.9 Å². The van der Waals surface area contributed by atoms with Crippen molar-refractivity contribution in [1.29, 1.82) is 0 Å². The quantitative estimate of drug-likeness (QED) is 0.613. The molecule has 0 radical (unpaired) electrons. The van der Waals surface area contributed by atoms with Gasteiger partial charge < -0.3 is 5.32 Å². The first-order valence-electron chi connectivity index (χ1n) is 8.59. The van der Waals surface area contributed by atoms with E-state index >= 15 is 0 Å². The fourth-order valence-corrected chi connectivity index (χ4v) is 4.17. The smallest absolute Gasteiger partial charge is 0.241 e. The van der Waals surface area contributed by atoms with Crippen LogP contribution in [0.3, 0.4) is 0 Å². The number of nitrogens with one attached hydrogen (secondary N) is 1. The molecule has 2 aromatic carbocycles. The average molecular weight is 500 g/mol. The number of rotatable bonds is 6. The molecule has 1 atom stereocenters. The van der Waals surface area contributed by atoms with Crippen molar-refractivity contribution in [2.45, 2.75) is 33.7 Å². The van der Waals surface area contributed by atoms with E-state index in [4.69, 9.17) is 0 Å². The van der Waals surface area contributed by atoms with Gasteiger partial charge in [0.15, 0.2) is 0 Å². The molecule has 0 spiro atoms. The summed E-state index contributed by atoms with van der Waals surface area (Å²) in [5, 5.41) is 2.92. The molecule has 7 heteroatoms. The topological polar surface area (TPSA) is 66.5 Å². The van der Waals surface area contributed by atoms with E-state index in [9.17, 15) is 13.2 Å². The van der Waals surface area contributed by atoms with Gasteiger partial charge in [0, 0.05) is 3.57 Å². The van der Waals surface area contributed by atoms with E-state index < -0.39 is 10.0 Å². The summed E-state index contributed by atoms with van der Waals surface area (Å²) in [7, 11) is -3.58. The van der Waals surface area contributed by atoms with E-state index in [0.29, 0.717) is 5.69 Å². The summed E-state index contributed by atoms with van der Waals surface area (Å²) in [5.74, 6) is -0.343. The zero-order chi connectivity index (χ0) is 20.4. The minimum atomic E-state index is -3.58. The number of nitrogens with zero attached hydrogens (tertiary/aromatic N) is 1. The predicted octanol–water partition coefficient (Wildman–Crippen LogP) is 3.86. The van der Waals surface area contributed by atoms with Crippen LogP contribution >= 0.6 is 22.6 Å². The molecule has 0 unspecified atom stereocenters. The van der Waals surface area contributed by atoms with Crippen LogP contribution in [0.5, 0.6) is 0 Å². The fourth-order valence-electron chi connectivity index (χ4n) is 2.95. The molecule has 0 aliphatic heterocycles. The predicted molar refractivity (Wildman–Crippen MR) is 119 cm³/mol. The molecule has 0 fully saturated rings. The molecule has 2 aromatic rings. The van der Waals surface area contributed by atoms with Gasteiger partial charge in [0.1, 0.15) is 6.54 Å². The molecule has 0 aliphatic rings. The van der Waals surface area contributed by atoms with E-state index in [1.807, 2.05) is 32.9 Å². The highest BCUT2D eigenvalue weighted by Crippen LogP contribution is 2.22. The van der Waals surface area contributed by atoms with Crippen molar-refractivity contribution in [2.24, 2.45) is 0 Å². The molecule has 0 aromatic heterocycles. The highest BCUT2D eigenvalue weighted by molar-refractivity contribution is 14.1. The second-order valence-electron chi connectivity index (χ2n) is 6.83. The van der Waals surface area contributed by atoms with Gasteiger partial charge >= 0.3 is 0 Å². The summed E-state index contributed by atoms with van der Waals surface area (Å²) in [6, 6.07) is 11.0. The minimum Gasteiger partial charge on any atom is -0.348 e. The normalized spacial score (nSPS) is 12.5. The van der Waals surface area contributed by atoms with Crippen LogP contribution in [0.2, 0.25) is 0 Å². The number of carbonyl (C=O) groups is 1. The fraction of sp³-hybridized carbons (Fsp3) is 0.350. The average Bonchev–Trinajstić information content (AvgIpc) is 2.56. The van der Waals surface area contributed by atoms with Gasteiger partial charge in [-0.1, -0.05) is 12.1 Å². The zero-order valence-corrected chi connectivity index (χ0v) is 19.2. The van der Waals surface area contributed by atoms with Crippen LogP contribution in [0.4, 0.5) is 5.69 Å². The Hall–Kier alpha value is -1.61. The van der Waals surface area contributed by atoms with Gasteiger partial charge in [0.25, 0.3) is 0 Å². The van der Waals surface area contributed by atoms with Crippen molar-refractivity contribution in [3.05, 3.63) is 62.2 Å². The summed E-state index contributed by atoms with van der Waals surface area (Å²) in [5.41, 5.74) is 4.98. The number of amides is 1. The van der Waals surface area contributed by atoms with Crippen LogP contribution < -0.4 is 9.62 Å². The second-order valence-corrected chi connectivity index (χ2v) is 9.98. The van der Waals surface area contributed by atoms with Gasteiger partial charge in [-0.25, -0.2) is 8.42 Å².